The Bertz CT molecular complexity index is 1320. The van der Waals surface area contributed by atoms with Gasteiger partial charge < -0.3 is 10.2 Å². The second-order valence-electron chi connectivity index (χ2n) is 6.49. The molecule has 2 aromatic carbocycles. The first-order valence-electron chi connectivity index (χ1n) is 9.42. The van der Waals surface area contributed by atoms with E-state index in [9.17, 15) is 0 Å². The number of hydrogen-bond acceptors (Lipinski definition) is 8. The van der Waals surface area contributed by atoms with E-state index in [0.29, 0.717) is 16.8 Å². The maximum Gasteiger partial charge on any atom is 0.276 e. The summed E-state index contributed by atoms with van der Waals surface area (Å²) in [4.78, 5) is 1.46. The second-order valence-corrected chi connectivity index (χ2v) is 8.70. The van der Waals surface area contributed by atoms with E-state index in [4.69, 9.17) is 10.2 Å². The summed E-state index contributed by atoms with van der Waals surface area (Å²) >= 11 is 2.92. The van der Waals surface area contributed by atoms with E-state index in [1.165, 1.54) is 23.1 Å². The first kappa shape index (κ1) is 18.8. The third-order valence-electron chi connectivity index (χ3n) is 4.63. The summed E-state index contributed by atoms with van der Waals surface area (Å²) in [6, 6.07) is 20.1. The molecular formula is C22H17N5OS2. The molecule has 0 bridgehead atoms. The molecule has 0 atom stereocenters. The number of hydrogen-bond donors (Lipinski definition) is 1. The second kappa shape index (κ2) is 7.89. The lowest BCUT2D eigenvalue weighted by Gasteiger charge is -2.10. The zero-order valence-corrected chi connectivity index (χ0v) is 17.7. The van der Waals surface area contributed by atoms with Gasteiger partial charge in [-0.1, -0.05) is 79.3 Å². The van der Waals surface area contributed by atoms with Crippen LogP contribution in [0.1, 0.15) is 6.92 Å². The van der Waals surface area contributed by atoms with Crippen LogP contribution in [0, 0.1) is 0 Å². The Balaban J connectivity index is 1.78. The molecule has 6 nitrogen and oxygen atoms in total. The molecule has 5 aromatic rings. The Morgan fingerprint density at radius 1 is 0.900 bits per heavy atom. The van der Waals surface area contributed by atoms with Gasteiger partial charge in [0.1, 0.15) is 15.4 Å². The average molecular weight is 432 g/mol. The number of benzene rings is 2. The maximum absolute atomic E-state index is 6.65. The summed E-state index contributed by atoms with van der Waals surface area (Å²) in [5.74, 6) is 1.26. The number of thioether (sulfide) groups is 1. The molecule has 0 unspecified atom stereocenters. The third-order valence-corrected chi connectivity index (χ3v) is 6.41. The van der Waals surface area contributed by atoms with Gasteiger partial charge in [0.15, 0.2) is 0 Å². The van der Waals surface area contributed by atoms with Crippen LogP contribution in [-0.2, 0) is 0 Å². The molecule has 30 heavy (non-hydrogen) atoms. The molecule has 5 rings (SSSR count). The van der Waals surface area contributed by atoms with Gasteiger partial charge in [-0.2, -0.15) is 0 Å². The SMILES string of the molecule is CCSc1nnc(-c2sc3nnc(-c4ccccc4)c(-c4ccccc4)c3c2N)o1. The minimum Gasteiger partial charge on any atom is -0.410 e. The van der Waals surface area contributed by atoms with Crippen molar-refractivity contribution in [1.82, 2.24) is 20.4 Å². The lowest BCUT2D eigenvalue weighted by molar-refractivity contribution is 0.467. The zero-order chi connectivity index (χ0) is 20.5. The van der Waals surface area contributed by atoms with Gasteiger partial charge in [0.2, 0.25) is 0 Å². The van der Waals surface area contributed by atoms with E-state index >= 15 is 0 Å². The van der Waals surface area contributed by atoms with Gasteiger partial charge in [0.25, 0.3) is 11.1 Å². The van der Waals surface area contributed by atoms with E-state index < -0.39 is 0 Å². The summed E-state index contributed by atoms with van der Waals surface area (Å²) in [6.45, 7) is 2.04. The van der Waals surface area contributed by atoms with Crippen molar-refractivity contribution in [1.29, 1.82) is 0 Å². The van der Waals surface area contributed by atoms with Crippen molar-refractivity contribution in [2.24, 2.45) is 0 Å². The van der Waals surface area contributed by atoms with Crippen molar-refractivity contribution in [3.63, 3.8) is 0 Å². The fourth-order valence-corrected chi connectivity index (χ4v) is 4.79. The van der Waals surface area contributed by atoms with E-state index in [0.717, 1.165) is 43.2 Å². The average Bonchev–Trinajstić information content (AvgIpc) is 3.39. The Kier molecular flexibility index (Phi) is 4.94. The molecule has 0 aliphatic heterocycles. The predicted molar refractivity (Wildman–Crippen MR) is 122 cm³/mol. The molecule has 3 heterocycles. The quantitative estimate of drug-likeness (QED) is 0.353. The summed E-state index contributed by atoms with van der Waals surface area (Å²) in [6.07, 6.45) is 0. The Morgan fingerprint density at radius 2 is 1.60 bits per heavy atom. The molecule has 0 aliphatic carbocycles. The number of nitrogen functional groups attached to an aromatic ring is 1. The number of aromatic nitrogens is 4. The summed E-state index contributed by atoms with van der Waals surface area (Å²) < 4.78 is 5.80. The summed E-state index contributed by atoms with van der Waals surface area (Å²) in [5, 5.41) is 18.7. The predicted octanol–water partition coefficient (Wildman–Crippen LogP) is 5.77. The first-order chi connectivity index (χ1) is 14.8. The smallest absolute Gasteiger partial charge is 0.276 e. The fourth-order valence-electron chi connectivity index (χ4n) is 3.33. The Hall–Kier alpha value is -3.23. The molecule has 3 aromatic heterocycles. The highest BCUT2D eigenvalue weighted by Crippen LogP contribution is 2.46. The standard InChI is InChI=1S/C22H17N5OS2/c1-2-29-22-27-25-20(28-22)19-17(23)16-15(13-9-5-3-6-10-13)18(24-26-21(16)30-19)14-11-7-4-8-12-14/h3-12H,2,23H2,1H3. The molecule has 148 valence electrons. The molecule has 0 amide bonds. The summed E-state index contributed by atoms with van der Waals surface area (Å²) in [5.41, 5.74) is 11.0. The minimum absolute atomic E-state index is 0.409. The molecule has 0 fully saturated rings. The molecule has 2 N–H and O–H groups in total. The molecule has 0 saturated heterocycles. The van der Waals surface area contributed by atoms with E-state index in [1.807, 2.05) is 55.5 Å². The number of nitrogens with zero attached hydrogens (tertiary/aromatic N) is 4. The number of rotatable bonds is 5. The summed E-state index contributed by atoms with van der Waals surface area (Å²) in [7, 11) is 0. The number of fused-ring (bicyclic) bond motifs is 1. The normalized spacial score (nSPS) is 11.2. The van der Waals surface area contributed by atoms with Gasteiger partial charge in [0.05, 0.1) is 5.69 Å². The topological polar surface area (TPSA) is 90.7 Å². The molecule has 0 aliphatic rings. The van der Waals surface area contributed by atoms with Crippen molar-refractivity contribution in [2.75, 3.05) is 11.5 Å². The zero-order valence-electron chi connectivity index (χ0n) is 16.1. The highest BCUT2D eigenvalue weighted by molar-refractivity contribution is 7.99. The van der Waals surface area contributed by atoms with Crippen molar-refractivity contribution in [3.8, 4) is 33.2 Å². The third kappa shape index (κ3) is 3.24. The molecule has 8 heteroatoms. The van der Waals surface area contributed by atoms with Crippen molar-refractivity contribution in [2.45, 2.75) is 12.1 Å². The van der Waals surface area contributed by atoms with Gasteiger partial charge in [-0.25, -0.2) is 0 Å². The highest BCUT2D eigenvalue weighted by Gasteiger charge is 2.24. The molecule has 0 radical (unpaired) electrons. The first-order valence-corrected chi connectivity index (χ1v) is 11.2. The van der Waals surface area contributed by atoms with Crippen LogP contribution in [0.15, 0.2) is 70.3 Å². The van der Waals surface area contributed by atoms with Crippen molar-refractivity contribution < 1.29 is 4.42 Å². The molecular weight excluding hydrogens is 414 g/mol. The minimum atomic E-state index is 0.409. The van der Waals surface area contributed by atoms with Crippen LogP contribution in [-0.4, -0.2) is 26.1 Å². The highest BCUT2D eigenvalue weighted by atomic mass is 32.2. The van der Waals surface area contributed by atoms with E-state index in [2.05, 4.69) is 32.5 Å². The van der Waals surface area contributed by atoms with E-state index in [1.54, 1.807) is 0 Å². The van der Waals surface area contributed by atoms with E-state index in [-0.39, 0.29) is 0 Å². The van der Waals surface area contributed by atoms with Gasteiger partial charge in [-0.15, -0.1) is 31.7 Å². The van der Waals surface area contributed by atoms with Crippen molar-refractivity contribution in [3.05, 3.63) is 60.7 Å². The van der Waals surface area contributed by atoms with Crippen LogP contribution in [0.3, 0.4) is 0 Å². The maximum atomic E-state index is 6.65. The lowest BCUT2D eigenvalue weighted by Crippen LogP contribution is -1.95. The van der Waals surface area contributed by atoms with Crippen LogP contribution in [0.25, 0.3) is 43.4 Å². The van der Waals surface area contributed by atoms with Gasteiger partial charge in [0, 0.05) is 16.5 Å². The Morgan fingerprint density at radius 3 is 2.30 bits per heavy atom. The van der Waals surface area contributed by atoms with Gasteiger partial charge >= 0.3 is 0 Å². The molecule has 0 saturated carbocycles. The van der Waals surface area contributed by atoms with Crippen LogP contribution in [0.2, 0.25) is 0 Å². The number of anilines is 1. The Labute approximate surface area is 181 Å². The number of thiophene rings is 1. The van der Waals surface area contributed by atoms with Gasteiger partial charge in [-0.3, -0.25) is 0 Å². The lowest BCUT2D eigenvalue weighted by atomic mass is 9.96. The molecule has 0 spiro atoms. The largest absolute Gasteiger partial charge is 0.410 e. The van der Waals surface area contributed by atoms with Crippen molar-refractivity contribution >= 4 is 39.0 Å². The fraction of sp³-hybridized carbons (Fsp3) is 0.0909. The van der Waals surface area contributed by atoms with Crippen LogP contribution >= 0.6 is 23.1 Å². The van der Waals surface area contributed by atoms with Crippen LogP contribution < -0.4 is 5.73 Å². The van der Waals surface area contributed by atoms with Crippen LogP contribution in [0.5, 0.6) is 0 Å². The monoisotopic (exact) mass is 431 g/mol. The van der Waals surface area contributed by atoms with Gasteiger partial charge in [-0.05, 0) is 11.3 Å². The van der Waals surface area contributed by atoms with Crippen LogP contribution in [0.4, 0.5) is 5.69 Å². The number of nitrogens with two attached hydrogens (primary N) is 1.